The van der Waals surface area contributed by atoms with Crippen molar-refractivity contribution >= 4 is 40.7 Å². The van der Waals surface area contributed by atoms with Crippen LogP contribution in [-0.4, -0.2) is 55.8 Å². The number of rotatable bonds is 8. The fourth-order valence-corrected chi connectivity index (χ4v) is 4.98. The van der Waals surface area contributed by atoms with Crippen LogP contribution in [0.5, 0.6) is 0 Å². The van der Waals surface area contributed by atoms with Gasteiger partial charge >= 0.3 is 0 Å². The molecule has 2 aromatic rings. The summed E-state index contributed by atoms with van der Waals surface area (Å²) in [5, 5.41) is 2.82. The molecule has 2 N–H and O–H groups in total. The molecule has 0 aromatic heterocycles. The molecule has 0 unspecified atom stereocenters. The summed E-state index contributed by atoms with van der Waals surface area (Å²) in [7, 11) is 4.02. The monoisotopic (exact) mass is 509 g/mol. The maximum absolute atomic E-state index is 13.2. The van der Waals surface area contributed by atoms with Gasteiger partial charge in [0.1, 0.15) is 10.7 Å². The lowest BCUT2D eigenvalue weighted by Gasteiger charge is -2.33. The Morgan fingerprint density at radius 3 is 2.47 bits per heavy atom. The van der Waals surface area contributed by atoms with Gasteiger partial charge in [0.25, 0.3) is 17.7 Å². The number of unbranched alkanes of at least 4 members (excludes halogenated alkanes) is 1. The van der Waals surface area contributed by atoms with Crippen molar-refractivity contribution < 1.29 is 19.3 Å². The van der Waals surface area contributed by atoms with Gasteiger partial charge < -0.3 is 15.1 Å². The molecule has 8 heteroatoms. The van der Waals surface area contributed by atoms with E-state index < -0.39 is 11.8 Å². The highest BCUT2D eigenvalue weighted by Crippen LogP contribution is 2.30. The van der Waals surface area contributed by atoms with Gasteiger partial charge in [0, 0.05) is 37.2 Å². The highest BCUT2D eigenvalue weighted by molar-refractivity contribution is 6.53. The smallest absolute Gasteiger partial charge is 0.283 e. The first kappa shape index (κ1) is 25.9. The minimum atomic E-state index is -0.568. The summed E-state index contributed by atoms with van der Waals surface area (Å²) in [5.74, 6) is -1.15. The van der Waals surface area contributed by atoms with Crippen molar-refractivity contribution in [2.75, 3.05) is 37.4 Å². The number of nitrogens with zero attached hydrogens (tertiary/aromatic N) is 2. The SMILES string of the molecule is CCCCc1ccc(N2C(=O)C(Cl)=C(Nc3cccc(C(=O)N(C)C4CC[NH+](C)CC4)c3)C2=O)cc1. The van der Waals surface area contributed by atoms with E-state index in [0.717, 1.165) is 55.7 Å². The van der Waals surface area contributed by atoms with Gasteiger partial charge in [-0.15, -0.1) is 0 Å². The number of benzene rings is 2. The molecule has 3 amide bonds. The van der Waals surface area contributed by atoms with Crippen molar-refractivity contribution in [3.05, 3.63) is 70.4 Å². The molecule has 0 atom stereocenters. The first-order chi connectivity index (χ1) is 17.3. The van der Waals surface area contributed by atoms with Crippen LogP contribution >= 0.6 is 11.6 Å². The molecule has 2 aliphatic rings. The summed E-state index contributed by atoms with van der Waals surface area (Å²) in [6, 6.07) is 14.6. The molecule has 0 saturated carbocycles. The molecule has 4 rings (SSSR count). The van der Waals surface area contributed by atoms with Crippen LogP contribution in [0.4, 0.5) is 11.4 Å². The second-order valence-corrected chi connectivity index (χ2v) is 10.1. The number of aryl methyl sites for hydroxylation is 1. The van der Waals surface area contributed by atoms with Crippen LogP contribution in [-0.2, 0) is 16.0 Å². The van der Waals surface area contributed by atoms with Crippen LogP contribution in [0.3, 0.4) is 0 Å². The molecule has 0 bridgehead atoms. The summed E-state index contributed by atoms with van der Waals surface area (Å²) in [6.07, 6.45) is 5.08. The average Bonchev–Trinajstić information content (AvgIpc) is 3.10. The molecule has 190 valence electrons. The van der Waals surface area contributed by atoms with Crippen molar-refractivity contribution in [2.45, 2.75) is 45.1 Å². The number of anilines is 2. The van der Waals surface area contributed by atoms with Gasteiger partial charge in [-0.1, -0.05) is 43.1 Å². The van der Waals surface area contributed by atoms with E-state index in [-0.39, 0.29) is 22.7 Å². The van der Waals surface area contributed by atoms with E-state index in [2.05, 4.69) is 19.3 Å². The summed E-state index contributed by atoms with van der Waals surface area (Å²) in [5.41, 5.74) is 2.68. The zero-order chi connectivity index (χ0) is 25.8. The Kier molecular flexibility index (Phi) is 8.11. The number of hydrogen-bond acceptors (Lipinski definition) is 4. The summed E-state index contributed by atoms with van der Waals surface area (Å²) in [6.45, 7) is 4.23. The molecule has 0 spiro atoms. The molecule has 1 saturated heterocycles. The van der Waals surface area contributed by atoms with Gasteiger partial charge in [-0.05, 0) is 48.7 Å². The Labute approximate surface area is 217 Å². The fourth-order valence-electron chi connectivity index (χ4n) is 4.76. The average molecular weight is 510 g/mol. The van der Waals surface area contributed by atoms with Crippen molar-refractivity contribution in [1.29, 1.82) is 0 Å². The molecular weight excluding hydrogens is 476 g/mol. The summed E-state index contributed by atoms with van der Waals surface area (Å²) < 4.78 is 0. The van der Waals surface area contributed by atoms with E-state index in [1.807, 2.05) is 24.1 Å². The fraction of sp³-hybridized carbons (Fsp3) is 0.393. The molecular formula is C28H34ClN4O3+. The van der Waals surface area contributed by atoms with Crippen LogP contribution in [0, 0.1) is 0 Å². The maximum atomic E-state index is 13.2. The number of imide groups is 1. The number of quaternary nitrogens is 1. The van der Waals surface area contributed by atoms with Crippen LogP contribution in [0.1, 0.15) is 48.5 Å². The van der Waals surface area contributed by atoms with Crippen LogP contribution in [0.15, 0.2) is 59.3 Å². The lowest BCUT2D eigenvalue weighted by atomic mass is 10.0. The Balaban J connectivity index is 1.47. The molecule has 2 heterocycles. The van der Waals surface area contributed by atoms with Gasteiger partial charge in [0.2, 0.25) is 0 Å². The number of amides is 3. The zero-order valence-corrected chi connectivity index (χ0v) is 21.9. The Bertz CT molecular complexity index is 1170. The van der Waals surface area contributed by atoms with E-state index in [4.69, 9.17) is 11.6 Å². The first-order valence-electron chi connectivity index (χ1n) is 12.6. The summed E-state index contributed by atoms with van der Waals surface area (Å²) in [4.78, 5) is 43.6. The predicted molar refractivity (Wildman–Crippen MR) is 142 cm³/mol. The Morgan fingerprint density at radius 2 is 1.81 bits per heavy atom. The minimum absolute atomic E-state index is 0.00738. The minimum Gasteiger partial charge on any atom is -0.350 e. The number of carbonyl (C=O) groups is 3. The molecule has 36 heavy (non-hydrogen) atoms. The van der Waals surface area contributed by atoms with Gasteiger partial charge in [-0.2, -0.15) is 0 Å². The summed E-state index contributed by atoms with van der Waals surface area (Å²) >= 11 is 6.31. The van der Waals surface area contributed by atoms with Crippen molar-refractivity contribution in [1.82, 2.24) is 4.90 Å². The number of likely N-dealkylation sites (tertiary alicyclic amines) is 1. The van der Waals surface area contributed by atoms with E-state index in [0.29, 0.717) is 16.9 Å². The van der Waals surface area contributed by atoms with E-state index >= 15 is 0 Å². The van der Waals surface area contributed by atoms with E-state index in [1.165, 1.54) is 4.90 Å². The number of piperidine rings is 1. The predicted octanol–water partition coefficient (Wildman–Crippen LogP) is 3.21. The molecule has 2 aliphatic heterocycles. The molecule has 2 aromatic carbocycles. The zero-order valence-electron chi connectivity index (χ0n) is 21.1. The number of hydrogen-bond donors (Lipinski definition) is 2. The maximum Gasteiger partial charge on any atom is 0.283 e. The highest BCUT2D eigenvalue weighted by Gasteiger charge is 2.39. The Hall–Kier alpha value is -3.16. The molecule has 0 aliphatic carbocycles. The van der Waals surface area contributed by atoms with E-state index in [9.17, 15) is 14.4 Å². The third-order valence-corrected chi connectivity index (χ3v) is 7.45. The Morgan fingerprint density at radius 1 is 1.11 bits per heavy atom. The van der Waals surface area contributed by atoms with Crippen LogP contribution < -0.4 is 15.1 Å². The second kappa shape index (κ2) is 11.3. The number of nitrogens with one attached hydrogen (secondary N) is 2. The molecule has 7 nitrogen and oxygen atoms in total. The van der Waals surface area contributed by atoms with Gasteiger partial charge in [0.15, 0.2) is 0 Å². The largest absolute Gasteiger partial charge is 0.350 e. The third-order valence-electron chi connectivity index (χ3n) is 7.10. The van der Waals surface area contributed by atoms with Crippen LogP contribution in [0.2, 0.25) is 0 Å². The van der Waals surface area contributed by atoms with Gasteiger partial charge in [0.05, 0.1) is 25.8 Å². The second-order valence-electron chi connectivity index (χ2n) is 9.71. The van der Waals surface area contributed by atoms with Gasteiger partial charge in [-0.25, -0.2) is 4.90 Å². The third kappa shape index (κ3) is 5.47. The van der Waals surface area contributed by atoms with E-state index in [1.54, 1.807) is 36.4 Å². The highest BCUT2D eigenvalue weighted by atomic mass is 35.5. The van der Waals surface area contributed by atoms with Crippen LogP contribution in [0.25, 0.3) is 0 Å². The van der Waals surface area contributed by atoms with Crippen molar-refractivity contribution in [3.8, 4) is 0 Å². The quantitative estimate of drug-likeness (QED) is 0.536. The lowest BCUT2D eigenvalue weighted by molar-refractivity contribution is -0.885. The standard InChI is InChI=1S/C28H33ClN4O3/c1-4-5-7-19-10-12-23(13-11-19)33-27(35)24(29)25(28(33)36)30-21-9-6-8-20(18-21)26(34)32(3)22-14-16-31(2)17-15-22/h6,8-13,18,22,30H,4-5,7,14-17H2,1-3H3/p+1. The van der Waals surface area contributed by atoms with Crippen molar-refractivity contribution in [2.24, 2.45) is 0 Å². The topological polar surface area (TPSA) is 74.2 Å². The molecule has 0 radical (unpaired) electrons. The number of halogens is 1. The lowest BCUT2D eigenvalue weighted by Crippen LogP contribution is -3.10. The van der Waals surface area contributed by atoms with Gasteiger partial charge in [-0.3, -0.25) is 14.4 Å². The first-order valence-corrected chi connectivity index (χ1v) is 13.0. The van der Waals surface area contributed by atoms with Crippen molar-refractivity contribution in [3.63, 3.8) is 0 Å². The molecule has 1 fully saturated rings. The normalized spacial score (nSPS) is 20.2. The number of carbonyl (C=O) groups excluding carboxylic acids is 3.